The molecule has 27 heavy (non-hydrogen) atoms. The average molecular weight is 380 g/mol. The third kappa shape index (κ3) is 3.29. The Balaban J connectivity index is 1.49. The Morgan fingerprint density at radius 1 is 1.11 bits per heavy atom. The van der Waals surface area contributed by atoms with Crippen LogP contribution in [0.25, 0.3) is 11.1 Å². The summed E-state index contributed by atoms with van der Waals surface area (Å²) in [6.45, 7) is 0.134. The van der Waals surface area contributed by atoms with E-state index in [1.54, 1.807) is 0 Å². The number of ether oxygens (including phenoxy) is 1. The van der Waals surface area contributed by atoms with Crippen molar-refractivity contribution in [2.45, 2.75) is 12.0 Å². The van der Waals surface area contributed by atoms with Gasteiger partial charge in [0, 0.05) is 12.1 Å². The van der Waals surface area contributed by atoms with E-state index in [1.165, 1.54) is 11.7 Å². The Labute approximate surface area is 159 Å². The summed E-state index contributed by atoms with van der Waals surface area (Å²) in [4.78, 5) is 27.9. The van der Waals surface area contributed by atoms with Crippen LogP contribution in [0.4, 0.5) is 4.79 Å². The second-order valence-electron chi connectivity index (χ2n) is 6.14. The first-order valence-electron chi connectivity index (χ1n) is 8.38. The van der Waals surface area contributed by atoms with Crippen molar-refractivity contribution in [1.29, 1.82) is 0 Å². The normalized spacial score (nSPS) is 13.5. The molecule has 6 nitrogen and oxygen atoms in total. The van der Waals surface area contributed by atoms with Crippen LogP contribution in [0, 0.1) is 0 Å². The van der Waals surface area contributed by atoms with E-state index in [0.717, 1.165) is 33.6 Å². The fourth-order valence-electron chi connectivity index (χ4n) is 3.38. The van der Waals surface area contributed by atoms with Gasteiger partial charge in [0.1, 0.15) is 6.61 Å². The third-order valence-corrected chi connectivity index (χ3v) is 5.43. The number of hydrogen-bond donors (Lipinski definition) is 2. The lowest BCUT2D eigenvalue weighted by molar-refractivity contribution is -0.139. The Kier molecular flexibility index (Phi) is 4.60. The van der Waals surface area contributed by atoms with Crippen molar-refractivity contribution in [3.05, 3.63) is 76.2 Å². The van der Waals surface area contributed by atoms with Gasteiger partial charge in [-0.1, -0.05) is 48.5 Å². The molecule has 136 valence electrons. The maximum atomic E-state index is 12.2. The van der Waals surface area contributed by atoms with Crippen LogP contribution in [-0.2, 0) is 9.53 Å². The average Bonchev–Trinajstić information content (AvgIpc) is 3.31. The molecule has 1 aliphatic carbocycles. The second kappa shape index (κ2) is 7.20. The Hall–Kier alpha value is -3.19. The SMILES string of the molecule is O=C(NC(C(=O)O)c1cncs1)OCC1c2ccccc2-c2ccccc21. The number of hydrogen-bond acceptors (Lipinski definition) is 5. The standard InChI is InChI=1S/C20H16N2O4S/c23-19(24)18(17-9-21-11-27-17)22-20(25)26-10-16-14-7-3-1-5-12(14)13-6-2-4-8-15(13)16/h1-9,11,16,18H,10H2,(H,22,25)(H,23,24). The molecule has 1 aromatic heterocycles. The number of alkyl carbamates (subject to hydrolysis) is 1. The van der Waals surface area contributed by atoms with E-state index in [2.05, 4.69) is 22.4 Å². The van der Waals surface area contributed by atoms with Crippen LogP contribution < -0.4 is 5.32 Å². The van der Waals surface area contributed by atoms with Gasteiger partial charge in [-0.15, -0.1) is 11.3 Å². The fourth-order valence-corrected chi connectivity index (χ4v) is 4.04. The van der Waals surface area contributed by atoms with Gasteiger partial charge in [-0.2, -0.15) is 0 Å². The Bertz CT molecular complexity index is 942. The van der Waals surface area contributed by atoms with Gasteiger partial charge >= 0.3 is 12.1 Å². The number of thiazole rings is 1. The molecule has 0 aliphatic heterocycles. The predicted molar refractivity (Wildman–Crippen MR) is 101 cm³/mol. The van der Waals surface area contributed by atoms with Crippen molar-refractivity contribution in [3.8, 4) is 11.1 Å². The van der Waals surface area contributed by atoms with Gasteiger partial charge in [-0.3, -0.25) is 4.98 Å². The lowest BCUT2D eigenvalue weighted by Gasteiger charge is -2.16. The number of carbonyl (C=O) groups excluding carboxylic acids is 1. The molecule has 0 bridgehead atoms. The molecule has 0 radical (unpaired) electrons. The van der Waals surface area contributed by atoms with Crippen molar-refractivity contribution in [1.82, 2.24) is 10.3 Å². The molecule has 1 aliphatic rings. The number of fused-ring (bicyclic) bond motifs is 3. The number of nitrogens with zero attached hydrogens (tertiary/aromatic N) is 1. The smallest absolute Gasteiger partial charge is 0.408 e. The highest BCUT2D eigenvalue weighted by atomic mass is 32.1. The number of carboxylic acids is 1. The molecule has 0 saturated heterocycles. The molecule has 1 heterocycles. The first kappa shape index (κ1) is 17.2. The molecule has 4 rings (SSSR count). The lowest BCUT2D eigenvalue weighted by atomic mass is 9.98. The van der Waals surface area contributed by atoms with E-state index in [0.29, 0.717) is 4.88 Å². The summed E-state index contributed by atoms with van der Waals surface area (Å²) in [5, 5.41) is 11.7. The molecule has 1 atom stereocenters. The molecule has 1 amide bonds. The number of carbonyl (C=O) groups is 2. The van der Waals surface area contributed by atoms with Crippen LogP contribution in [0.5, 0.6) is 0 Å². The highest BCUT2D eigenvalue weighted by Crippen LogP contribution is 2.44. The summed E-state index contributed by atoms with van der Waals surface area (Å²) >= 11 is 1.16. The molecular weight excluding hydrogens is 364 g/mol. The Morgan fingerprint density at radius 3 is 2.30 bits per heavy atom. The van der Waals surface area contributed by atoms with Gasteiger partial charge in [-0.25, -0.2) is 9.59 Å². The highest BCUT2D eigenvalue weighted by molar-refractivity contribution is 7.09. The minimum absolute atomic E-state index is 0.0742. The molecule has 1 unspecified atom stereocenters. The van der Waals surface area contributed by atoms with Gasteiger partial charge in [0.15, 0.2) is 6.04 Å². The zero-order valence-corrected chi connectivity index (χ0v) is 15.0. The van der Waals surface area contributed by atoms with E-state index >= 15 is 0 Å². The van der Waals surface area contributed by atoms with Gasteiger partial charge in [-0.05, 0) is 22.3 Å². The number of amides is 1. The number of aromatic nitrogens is 1. The van der Waals surface area contributed by atoms with E-state index in [-0.39, 0.29) is 12.5 Å². The quantitative estimate of drug-likeness (QED) is 0.703. The summed E-state index contributed by atoms with van der Waals surface area (Å²) in [6, 6.07) is 14.9. The van der Waals surface area contributed by atoms with E-state index in [1.807, 2.05) is 36.4 Å². The summed E-state index contributed by atoms with van der Waals surface area (Å²) in [5.41, 5.74) is 5.99. The van der Waals surface area contributed by atoms with E-state index in [9.17, 15) is 14.7 Å². The fraction of sp³-hybridized carbons (Fsp3) is 0.150. The maximum absolute atomic E-state index is 12.2. The minimum Gasteiger partial charge on any atom is -0.479 e. The van der Waals surface area contributed by atoms with Crippen LogP contribution in [0.15, 0.2) is 60.2 Å². The summed E-state index contributed by atoms with van der Waals surface area (Å²) in [7, 11) is 0. The van der Waals surface area contributed by atoms with Crippen LogP contribution in [0.1, 0.15) is 28.0 Å². The zero-order chi connectivity index (χ0) is 18.8. The second-order valence-corrected chi connectivity index (χ2v) is 7.06. The van der Waals surface area contributed by atoms with Gasteiger partial charge in [0.2, 0.25) is 0 Å². The van der Waals surface area contributed by atoms with Crippen LogP contribution >= 0.6 is 11.3 Å². The van der Waals surface area contributed by atoms with Crippen LogP contribution in [0.3, 0.4) is 0 Å². The first-order chi connectivity index (χ1) is 13.1. The monoisotopic (exact) mass is 380 g/mol. The molecule has 2 N–H and O–H groups in total. The van der Waals surface area contributed by atoms with Crippen molar-refractivity contribution in [3.63, 3.8) is 0 Å². The van der Waals surface area contributed by atoms with Crippen molar-refractivity contribution in [2.24, 2.45) is 0 Å². The van der Waals surface area contributed by atoms with Gasteiger partial charge in [0.05, 0.1) is 10.4 Å². The third-order valence-electron chi connectivity index (χ3n) is 4.59. The van der Waals surface area contributed by atoms with Crippen LogP contribution in [-0.4, -0.2) is 28.8 Å². The maximum Gasteiger partial charge on any atom is 0.408 e. The molecule has 0 saturated carbocycles. The van der Waals surface area contributed by atoms with E-state index < -0.39 is 18.1 Å². The molecule has 7 heteroatoms. The number of benzene rings is 2. The van der Waals surface area contributed by atoms with Gasteiger partial charge in [0.25, 0.3) is 0 Å². The number of carboxylic acid groups (broad SMARTS) is 1. The highest BCUT2D eigenvalue weighted by Gasteiger charge is 2.30. The topological polar surface area (TPSA) is 88.5 Å². The van der Waals surface area contributed by atoms with Crippen LogP contribution in [0.2, 0.25) is 0 Å². The largest absolute Gasteiger partial charge is 0.479 e. The molecular formula is C20H16N2O4S. The van der Waals surface area contributed by atoms with Crippen molar-refractivity contribution >= 4 is 23.4 Å². The number of nitrogens with one attached hydrogen (secondary N) is 1. The lowest BCUT2D eigenvalue weighted by Crippen LogP contribution is -2.34. The van der Waals surface area contributed by atoms with E-state index in [4.69, 9.17) is 4.74 Å². The number of rotatable bonds is 5. The molecule has 0 spiro atoms. The van der Waals surface area contributed by atoms with Crippen molar-refractivity contribution < 1.29 is 19.4 Å². The Morgan fingerprint density at radius 2 is 1.74 bits per heavy atom. The molecule has 2 aromatic carbocycles. The summed E-state index contributed by atoms with van der Waals surface area (Å²) in [5.74, 6) is -1.23. The van der Waals surface area contributed by atoms with Gasteiger partial charge < -0.3 is 15.2 Å². The minimum atomic E-state index is -1.17. The molecule has 3 aromatic rings. The predicted octanol–water partition coefficient (Wildman–Crippen LogP) is 3.81. The van der Waals surface area contributed by atoms with Crippen molar-refractivity contribution in [2.75, 3.05) is 6.61 Å². The zero-order valence-electron chi connectivity index (χ0n) is 14.2. The molecule has 0 fully saturated rings. The summed E-state index contributed by atoms with van der Waals surface area (Å²) in [6.07, 6.45) is 0.658. The first-order valence-corrected chi connectivity index (χ1v) is 9.26. The number of aliphatic carboxylic acids is 1. The summed E-state index contributed by atoms with van der Waals surface area (Å²) < 4.78 is 5.39.